The zero-order valence-corrected chi connectivity index (χ0v) is 11.8. The summed E-state index contributed by atoms with van der Waals surface area (Å²) in [7, 11) is 0. The average Bonchev–Trinajstić information content (AvgIpc) is 3.18. The van der Waals surface area contributed by atoms with E-state index in [0.29, 0.717) is 24.4 Å². The van der Waals surface area contributed by atoms with E-state index in [1.54, 1.807) is 0 Å². The molecule has 6 heteroatoms. The lowest BCUT2D eigenvalue weighted by atomic mass is 10.1. The second-order valence-corrected chi connectivity index (χ2v) is 5.40. The van der Waals surface area contributed by atoms with E-state index in [2.05, 4.69) is 10.2 Å². The van der Waals surface area contributed by atoms with Crippen molar-refractivity contribution in [1.29, 1.82) is 0 Å². The summed E-state index contributed by atoms with van der Waals surface area (Å²) in [5, 5.41) is 17.0. The van der Waals surface area contributed by atoms with E-state index in [0.717, 1.165) is 24.0 Å². The molecule has 1 heterocycles. The van der Waals surface area contributed by atoms with Gasteiger partial charge in [0.15, 0.2) is 0 Å². The summed E-state index contributed by atoms with van der Waals surface area (Å²) in [6, 6.07) is 8.17. The van der Waals surface area contributed by atoms with Gasteiger partial charge in [-0.2, -0.15) is 0 Å². The first-order valence-corrected chi connectivity index (χ1v) is 6.97. The Hall–Kier alpha value is -2.21. The molecule has 0 atom stereocenters. The minimum atomic E-state index is -0.833. The minimum Gasteiger partial charge on any atom is -0.480 e. The van der Waals surface area contributed by atoms with Crippen LogP contribution < -0.4 is 0 Å². The Kier molecular flexibility index (Phi) is 3.70. The maximum atomic E-state index is 10.9. The van der Waals surface area contributed by atoms with Crippen molar-refractivity contribution in [2.75, 3.05) is 6.54 Å². The number of carboxylic acid groups (broad SMARTS) is 1. The lowest BCUT2D eigenvalue weighted by Crippen LogP contribution is -2.31. The van der Waals surface area contributed by atoms with Crippen molar-refractivity contribution < 1.29 is 14.3 Å². The van der Waals surface area contributed by atoms with Crippen molar-refractivity contribution in [3.05, 3.63) is 35.7 Å². The van der Waals surface area contributed by atoms with E-state index in [-0.39, 0.29) is 6.54 Å². The molecule has 1 fully saturated rings. The van der Waals surface area contributed by atoms with Crippen LogP contribution in [-0.2, 0) is 11.3 Å². The number of aliphatic carboxylic acids is 1. The van der Waals surface area contributed by atoms with Gasteiger partial charge in [-0.15, -0.1) is 10.2 Å². The van der Waals surface area contributed by atoms with E-state index < -0.39 is 5.97 Å². The third kappa shape index (κ3) is 3.46. The molecule has 1 aliphatic carbocycles. The van der Waals surface area contributed by atoms with E-state index in [1.165, 1.54) is 0 Å². The molecule has 0 radical (unpaired) electrons. The molecule has 1 aliphatic rings. The zero-order chi connectivity index (χ0) is 14.8. The molecule has 1 aromatic heterocycles. The molecule has 1 saturated carbocycles. The molecular weight excluding hydrogens is 270 g/mol. The molecule has 0 saturated heterocycles. The molecule has 0 bridgehead atoms. The van der Waals surface area contributed by atoms with Crippen LogP contribution in [0.2, 0.25) is 0 Å². The number of rotatable bonds is 6. The van der Waals surface area contributed by atoms with E-state index in [4.69, 9.17) is 9.52 Å². The molecule has 2 aromatic rings. The smallest absolute Gasteiger partial charge is 0.317 e. The van der Waals surface area contributed by atoms with Gasteiger partial charge in [0.2, 0.25) is 11.8 Å². The highest BCUT2D eigenvalue weighted by Crippen LogP contribution is 2.28. The fourth-order valence-electron chi connectivity index (χ4n) is 2.31. The summed E-state index contributed by atoms with van der Waals surface area (Å²) in [5.74, 6) is 0.0970. The van der Waals surface area contributed by atoms with Gasteiger partial charge in [0.25, 0.3) is 0 Å². The molecule has 1 N–H and O–H groups in total. The second-order valence-electron chi connectivity index (χ2n) is 5.40. The number of benzene rings is 1. The summed E-state index contributed by atoms with van der Waals surface area (Å²) in [4.78, 5) is 12.8. The van der Waals surface area contributed by atoms with Crippen LogP contribution in [0.15, 0.2) is 28.7 Å². The van der Waals surface area contributed by atoms with Crippen molar-refractivity contribution in [1.82, 2.24) is 15.1 Å². The Balaban J connectivity index is 1.73. The third-order valence-corrected chi connectivity index (χ3v) is 3.47. The number of hydrogen-bond acceptors (Lipinski definition) is 5. The first kappa shape index (κ1) is 13.8. The maximum absolute atomic E-state index is 10.9. The molecule has 21 heavy (non-hydrogen) atoms. The number of aromatic nitrogens is 2. The SMILES string of the molecule is Cc1cccc(-c2nnc(CN(CC(=O)O)C3CC3)o2)c1. The van der Waals surface area contributed by atoms with Crippen LogP contribution in [0.3, 0.4) is 0 Å². The Bertz CT molecular complexity index is 649. The standard InChI is InChI=1S/C15H17N3O3/c1-10-3-2-4-11(7-10)15-17-16-13(21-15)8-18(9-14(19)20)12-5-6-12/h2-4,7,12H,5-6,8-9H2,1H3,(H,19,20). The lowest BCUT2D eigenvalue weighted by Gasteiger charge is -2.16. The lowest BCUT2D eigenvalue weighted by molar-refractivity contribution is -0.138. The first-order chi connectivity index (χ1) is 10.1. The Labute approximate surface area is 122 Å². The summed E-state index contributed by atoms with van der Waals surface area (Å²) >= 11 is 0. The number of carboxylic acids is 1. The van der Waals surface area contributed by atoms with Crippen LogP contribution >= 0.6 is 0 Å². The van der Waals surface area contributed by atoms with Crippen LogP contribution in [0.25, 0.3) is 11.5 Å². The highest BCUT2D eigenvalue weighted by Gasteiger charge is 2.31. The van der Waals surface area contributed by atoms with Gasteiger partial charge in [0, 0.05) is 11.6 Å². The van der Waals surface area contributed by atoms with Crippen LogP contribution in [0.1, 0.15) is 24.3 Å². The molecule has 3 rings (SSSR count). The van der Waals surface area contributed by atoms with Crippen molar-refractivity contribution in [2.45, 2.75) is 32.4 Å². The molecule has 1 aromatic carbocycles. The van der Waals surface area contributed by atoms with E-state index in [9.17, 15) is 4.79 Å². The topological polar surface area (TPSA) is 79.5 Å². The third-order valence-electron chi connectivity index (χ3n) is 3.47. The van der Waals surface area contributed by atoms with Gasteiger partial charge in [-0.25, -0.2) is 0 Å². The average molecular weight is 287 g/mol. The highest BCUT2D eigenvalue weighted by molar-refractivity contribution is 5.69. The Morgan fingerprint density at radius 1 is 1.43 bits per heavy atom. The van der Waals surface area contributed by atoms with Crippen LogP contribution in [0.4, 0.5) is 0 Å². The predicted octanol–water partition coefficient (Wildman–Crippen LogP) is 2.09. The molecule has 0 amide bonds. The minimum absolute atomic E-state index is 0.00677. The van der Waals surface area contributed by atoms with Gasteiger partial charge in [-0.3, -0.25) is 9.69 Å². The molecule has 0 unspecified atom stereocenters. The van der Waals surface area contributed by atoms with Gasteiger partial charge in [-0.05, 0) is 31.9 Å². The molecule has 6 nitrogen and oxygen atoms in total. The molecule has 0 spiro atoms. The van der Waals surface area contributed by atoms with E-state index >= 15 is 0 Å². The monoisotopic (exact) mass is 287 g/mol. The Morgan fingerprint density at radius 2 is 2.24 bits per heavy atom. The quantitative estimate of drug-likeness (QED) is 0.876. The fraction of sp³-hybridized carbons (Fsp3) is 0.400. The Morgan fingerprint density at radius 3 is 2.90 bits per heavy atom. The van der Waals surface area contributed by atoms with Crippen molar-refractivity contribution in [3.63, 3.8) is 0 Å². The largest absolute Gasteiger partial charge is 0.480 e. The fourth-order valence-corrected chi connectivity index (χ4v) is 2.31. The summed E-state index contributed by atoms with van der Waals surface area (Å²) in [5.41, 5.74) is 2.00. The van der Waals surface area contributed by atoms with Crippen LogP contribution in [-0.4, -0.2) is 38.8 Å². The molecule has 110 valence electrons. The number of hydrogen-bond donors (Lipinski definition) is 1. The molecular formula is C15H17N3O3. The predicted molar refractivity (Wildman–Crippen MR) is 75.5 cm³/mol. The molecule has 0 aliphatic heterocycles. The van der Waals surface area contributed by atoms with E-state index in [1.807, 2.05) is 36.1 Å². The number of aryl methyl sites for hydroxylation is 1. The number of carbonyl (C=O) groups is 1. The van der Waals surface area contributed by atoms with Gasteiger partial charge < -0.3 is 9.52 Å². The van der Waals surface area contributed by atoms with Gasteiger partial charge in [0.05, 0.1) is 13.1 Å². The van der Waals surface area contributed by atoms with Crippen molar-refractivity contribution in [3.8, 4) is 11.5 Å². The summed E-state index contributed by atoms with van der Waals surface area (Å²) in [6.07, 6.45) is 2.07. The normalized spacial score (nSPS) is 14.6. The zero-order valence-electron chi connectivity index (χ0n) is 11.8. The highest BCUT2D eigenvalue weighted by atomic mass is 16.4. The number of nitrogens with zero attached hydrogens (tertiary/aromatic N) is 3. The van der Waals surface area contributed by atoms with Gasteiger partial charge >= 0.3 is 5.97 Å². The van der Waals surface area contributed by atoms with Crippen molar-refractivity contribution in [2.24, 2.45) is 0 Å². The summed E-state index contributed by atoms with van der Waals surface area (Å²) < 4.78 is 5.66. The van der Waals surface area contributed by atoms with Gasteiger partial charge in [-0.1, -0.05) is 17.7 Å². The van der Waals surface area contributed by atoms with Crippen LogP contribution in [0.5, 0.6) is 0 Å². The van der Waals surface area contributed by atoms with Crippen LogP contribution in [0, 0.1) is 6.92 Å². The summed E-state index contributed by atoms with van der Waals surface area (Å²) in [6.45, 7) is 2.39. The first-order valence-electron chi connectivity index (χ1n) is 6.97. The maximum Gasteiger partial charge on any atom is 0.317 e. The van der Waals surface area contributed by atoms with Gasteiger partial charge in [0.1, 0.15) is 0 Å². The second kappa shape index (κ2) is 5.65. The van der Waals surface area contributed by atoms with Crippen molar-refractivity contribution >= 4 is 5.97 Å².